The summed E-state index contributed by atoms with van der Waals surface area (Å²) in [5.74, 6) is 5.96. The van der Waals surface area contributed by atoms with E-state index >= 15 is 0 Å². The van der Waals surface area contributed by atoms with Gasteiger partial charge in [0.2, 0.25) is 0 Å². The fraction of sp³-hybridized carbons (Fsp3) is 0.286. The van der Waals surface area contributed by atoms with Crippen molar-refractivity contribution >= 4 is 15.8 Å². The van der Waals surface area contributed by atoms with Gasteiger partial charge in [-0.3, -0.25) is 4.99 Å². The van der Waals surface area contributed by atoms with Crippen LogP contribution >= 0.6 is 0 Å². The van der Waals surface area contributed by atoms with Gasteiger partial charge < -0.3 is 10.6 Å². The molecule has 0 fully saturated rings. The van der Waals surface area contributed by atoms with Crippen LogP contribution < -0.4 is 10.6 Å². The zero-order chi connectivity index (χ0) is 22.2. The number of halogens is 3. The SMILES string of the molecule is CN=C(NCC#Cc1cccc(C(F)(F)F)c1)NCCc1ccc(S(C)(=O)=O)cc1. The Kier molecular flexibility index (Phi) is 7.89. The number of guanidine groups is 1. The molecule has 0 heterocycles. The number of aliphatic imine (C=N–C) groups is 1. The van der Waals surface area contributed by atoms with Crippen molar-refractivity contribution in [2.45, 2.75) is 17.5 Å². The number of benzene rings is 2. The summed E-state index contributed by atoms with van der Waals surface area (Å²) in [6, 6.07) is 11.5. The third-order valence-corrected chi connectivity index (χ3v) is 5.18. The van der Waals surface area contributed by atoms with Crippen molar-refractivity contribution in [2.75, 3.05) is 26.4 Å². The molecule has 0 atom stereocenters. The summed E-state index contributed by atoms with van der Waals surface area (Å²) in [7, 11) is -1.62. The van der Waals surface area contributed by atoms with Crippen molar-refractivity contribution in [2.24, 2.45) is 4.99 Å². The second-order valence-corrected chi connectivity index (χ2v) is 8.41. The van der Waals surface area contributed by atoms with E-state index < -0.39 is 21.6 Å². The predicted octanol–water partition coefficient (Wildman–Crippen LogP) is 2.87. The Morgan fingerprint density at radius 3 is 2.40 bits per heavy atom. The minimum atomic E-state index is -4.40. The van der Waals surface area contributed by atoms with Gasteiger partial charge in [-0.25, -0.2) is 8.42 Å². The molecule has 2 aromatic rings. The van der Waals surface area contributed by atoms with Crippen molar-refractivity contribution in [3.8, 4) is 11.8 Å². The summed E-state index contributed by atoms with van der Waals surface area (Å²) >= 11 is 0. The number of hydrogen-bond donors (Lipinski definition) is 2. The van der Waals surface area contributed by atoms with E-state index in [0.29, 0.717) is 18.9 Å². The van der Waals surface area contributed by atoms with Gasteiger partial charge >= 0.3 is 6.18 Å². The Morgan fingerprint density at radius 1 is 1.10 bits per heavy atom. The van der Waals surface area contributed by atoms with Crippen molar-refractivity contribution in [1.82, 2.24) is 10.6 Å². The molecule has 9 heteroatoms. The Morgan fingerprint density at radius 2 is 1.80 bits per heavy atom. The molecule has 0 radical (unpaired) electrons. The first kappa shape index (κ1) is 23.3. The normalized spacial score (nSPS) is 12.1. The van der Waals surface area contributed by atoms with Gasteiger partial charge in [0.15, 0.2) is 15.8 Å². The van der Waals surface area contributed by atoms with Gasteiger partial charge in [-0.05, 0) is 42.3 Å². The van der Waals surface area contributed by atoms with Crippen LogP contribution in [0.3, 0.4) is 0 Å². The van der Waals surface area contributed by atoms with Crippen LogP contribution in [0, 0.1) is 11.8 Å². The molecule has 160 valence electrons. The quantitative estimate of drug-likeness (QED) is 0.429. The van der Waals surface area contributed by atoms with E-state index in [-0.39, 0.29) is 17.0 Å². The van der Waals surface area contributed by atoms with Gasteiger partial charge in [0.25, 0.3) is 0 Å². The Bertz CT molecular complexity index is 1050. The smallest absolute Gasteiger partial charge is 0.356 e. The maximum absolute atomic E-state index is 12.7. The fourth-order valence-electron chi connectivity index (χ4n) is 2.50. The molecule has 0 aromatic heterocycles. The van der Waals surface area contributed by atoms with Crippen LogP contribution in [0.4, 0.5) is 13.2 Å². The summed E-state index contributed by atoms with van der Waals surface area (Å²) in [6.07, 6.45) is -2.58. The van der Waals surface area contributed by atoms with Gasteiger partial charge in [-0.1, -0.05) is 30.0 Å². The van der Waals surface area contributed by atoms with Crippen LogP contribution in [0.25, 0.3) is 0 Å². The lowest BCUT2D eigenvalue weighted by molar-refractivity contribution is -0.137. The molecule has 2 aromatic carbocycles. The first-order valence-electron chi connectivity index (χ1n) is 8.99. The van der Waals surface area contributed by atoms with Crippen LogP contribution in [0.1, 0.15) is 16.7 Å². The van der Waals surface area contributed by atoms with E-state index in [1.807, 2.05) is 0 Å². The number of alkyl halides is 3. The average Bonchev–Trinajstić information content (AvgIpc) is 2.69. The molecule has 30 heavy (non-hydrogen) atoms. The maximum atomic E-state index is 12.7. The summed E-state index contributed by atoms with van der Waals surface area (Å²) < 4.78 is 61.1. The molecule has 0 aliphatic rings. The number of sulfone groups is 1. The molecule has 0 aliphatic heterocycles. The third kappa shape index (κ3) is 7.44. The summed E-state index contributed by atoms with van der Waals surface area (Å²) in [6.45, 7) is 0.762. The van der Waals surface area contributed by atoms with E-state index in [1.54, 1.807) is 31.3 Å². The molecule has 0 saturated carbocycles. The highest BCUT2D eigenvalue weighted by molar-refractivity contribution is 7.90. The van der Waals surface area contributed by atoms with Crippen LogP contribution in [-0.2, 0) is 22.4 Å². The minimum Gasteiger partial charge on any atom is -0.356 e. The molecular weight excluding hydrogens is 415 g/mol. The molecule has 0 unspecified atom stereocenters. The molecule has 2 rings (SSSR count). The first-order chi connectivity index (χ1) is 14.1. The van der Waals surface area contributed by atoms with E-state index in [2.05, 4.69) is 27.5 Å². The molecule has 5 nitrogen and oxygen atoms in total. The van der Waals surface area contributed by atoms with Crippen LogP contribution in [-0.4, -0.2) is 40.8 Å². The highest BCUT2D eigenvalue weighted by Crippen LogP contribution is 2.29. The highest BCUT2D eigenvalue weighted by atomic mass is 32.2. The van der Waals surface area contributed by atoms with Gasteiger partial charge in [0.05, 0.1) is 17.0 Å². The van der Waals surface area contributed by atoms with Crippen molar-refractivity contribution in [1.29, 1.82) is 0 Å². The van der Waals surface area contributed by atoms with Crippen LogP contribution in [0.15, 0.2) is 58.4 Å². The largest absolute Gasteiger partial charge is 0.416 e. The Balaban J connectivity index is 1.82. The topological polar surface area (TPSA) is 70.6 Å². The van der Waals surface area contributed by atoms with Gasteiger partial charge in [0.1, 0.15) is 0 Å². The maximum Gasteiger partial charge on any atom is 0.416 e. The molecule has 2 N–H and O–H groups in total. The van der Waals surface area contributed by atoms with Crippen molar-refractivity contribution < 1.29 is 21.6 Å². The van der Waals surface area contributed by atoms with Crippen molar-refractivity contribution in [3.63, 3.8) is 0 Å². The molecular formula is C21H22F3N3O2S. The summed E-state index contributed by atoms with van der Waals surface area (Å²) in [5.41, 5.74) is 0.520. The highest BCUT2D eigenvalue weighted by Gasteiger charge is 2.30. The zero-order valence-corrected chi connectivity index (χ0v) is 17.4. The summed E-state index contributed by atoms with van der Waals surface area (Å²) in [4.78, 5) is 4.33. The van der Waals surface area contributed by atoms with Gasteiger partial charge in [0, 0.05) is 25.4 Å². The Hall–Kier alpha value is -2.99. The van der Waals surface area contributed by atoms with Gasteiger partial charge in [-0.15, -0.1) is 0 Å². The zero-order valence-electron chi connectivity index (χ0n) is 16.5. The average molecular weight is 437 g/mol. The number of nitrogens with one attached hydrogen (secondary N) is 2. The number of nitrogens with zero attached hydrogens (tertiary/aromatic N) is 1. The monoisotopic (exact) mass is 437 g/mol. The lowest BCUT2D eigenvalue weighted by atomic mass is 10.1. The van der Waals surface area contributed by atoms with Crippen LogP contribution in [0.5, 0.6) is 0 Å². The van der Waals surface area contributed by atoms with E-state index in [0.717, 1.165) is 24.0 Å². The number of rotatable bonds is 5. The molecule has 0 bridgehead atoms. The number of hydrogen-bond acceptors (Lipinski definition) is 3. The van der Waals surface area contributed by atoms with E-state index in [4.69, 9.17) is 0 Å². The predicted molar refractivity (Wildman–Crippen MR) is 111 cm³/mol. The second kappa shape index (κ2) is 10.2. The molecule has 0 aliphatic carbocycles. The standard InChI is InChI=1S/C21H22F3N3O2S/c1-25-20(27-14-12-16-8-10-19(11-9-16)30(2,28)29)26-13-4-6-17-5-3-7-18(15-17)21(22,23)24/h3,5,7-11,15H,12-14H2,1-2H3,(H2,25,26,27). The van der Waals surface area contributed by atoms with Gasteiger partial charge in [-0.2, -0.15) is 13.2 Å². The molecule has 0 amide bonds. The molecule has 0 saturated heterocycles. The first-order valence-corrected chi connectivity index (χ1v) is 10.9. The Labute approximate surface area is 174 Å². The second-order valence-electron chi connectivity index (χ2n) is 6.40. The summed E-state index contributed by atoms with van der Waals surface area (Å²) in [5, 5.41) is 6.06. The lowest BCUT2D eigenvalue weighted by Gasteiger charge is -2.10. The van der Waals surface area contributed by atoms with E-state index in [9.17, 15) is 21.6 Å². The van der Waals surface area contributed by atoms with Crippen LogP contribution in [0.2, 0.25) is 0 Å². The lowest BCUT2D eigenvalue weighted by Crippen LogP contribution is -2.38. The third-order valence-electron chi connectivity index (χ3n) is 4.05. The fourth-order valence-corrected chi connectivity index (χ4v) is 3.13. The van der Waals surface area contributed by atoms with E-state index in [1.165, 1.54) is 12.1 Å². The van der Waals surface area contributed by atoms with Crippen molar-refractivity contribution in [3.05, 3.63) is 65.2 Å². The molecule has 0 spiro atoms. The minimum absolute atomic E-state index is 0.207.